The summed E-state index contributed by atoms with van der Waals surface area (Å²) in [7, 11) is 0. The van der Waals surface area contributed by atoms with Gasteiger partial charge in [0.1, 0.15) is 6.33 Å². The summed E-state index contributed by atoms with van der Waals surface area (Å²) in [5.41, 5.74) is 3.37. The molecule has 1 unspecified atom stereocenters. The summed E-state index contributed by atoms with van der Waals surface area (Å²) in [5, 5.41) is 11.9. The van der Waals surface area contributed by atoms with Gasteiger partial charge in [0, 0.05) is 5.69 Å². The van der Waals surface area contributed by atoms with Gasteiger partial charge in [0.2, 0.25) is 5.91 Å². The van der Waals surface area contributed by atoms with E-state index >= 15 is 0 Å². The van der Waals surface area contributed by atoms with Crippen molar-refractivity contribution < 1.29 is 4.79 Å². The number of thioether (sulfide) groups is 1. The maximum Gasteiger partial charge on any atom is 0.230 e. The molecule has 0 saturated heterocycles. The number of rotatable bonds is 7. The largest absolute Gasteiger partial charge is 0.349 e. The third-order valence-electron chi connectivity index (χ3n) is 4.36. The summed E-state index contributed by atoms with van der Waals surface area (Å²) in [6.45, 7) is 6.32. The molecule has 1 aromatic heterocycles. The molecule has 1 atom stereocenters. The third kappa shape index (κ3) is 4.98. The molecule has 0 aliphatic rings. The Kier molecular flexibility index (Phi) is 6.29. The number of carbonyl (C=O) groups excluding carboxylic acids is 1. The van der Waals surface area contributed by atoms with Crippen molar-refractivity contribution in [3.63, 3.8) is 0 Å². The molecular formula is C21H24N4OS. The van der Waals surface area contributed by atoms with Crippen LogP contribution >= 0.6 is 11.8 Å². The van der Waals surface area contributed by atoms with E-state index in [1.54, 1.807) is 6.33 Å². The van der Waals surface area contributed by atoms with Crippen molar-refractivity contribution in [3.05, 3.63) is 72.1 Å². The number of amides is 1. The van der Waals surface area contributed by atoms with E-state index in [-0.39, 0.29) is 11.9 Å². The zero-order valence-corrected chi connectivity index (χ0v) is 16.6. The lowest BCUT2D eigenvalue weighted by atomic mass is 10.0. The Labute approximate surface area is 164 Å². The Balaban J connectivity index is 1.60. The first kappa shape index (κ1) is 19.2. The van der Waals surface area contributed by atoms with Crippen molar-refractivity contribution in [3.8, 4) is 5.69 Å². The Hall–Kier alpha value is -2.60. The summed E-state index contributed by atoms with van der Waals surface area (Å²) >= 11 is 1.38. The zero-order chi connectivity index (χ0) is 19.2. The number of hydrogen-bond donors (Lipinski definition) is 1. The predicted octanol–water partition coefficient (Wildman–Crippen LogP) is 4.36. The fourth-order valence-corrected chi connectivity index (χ4v) is 3.50. The highest BCUT2D eigenvalue weighted by Gasteiger charge is 2.13. The van der Waals surface area contributed by atoms with Crippen molar-refractivity contribution in [1.82, 2.24) is 20.1 Å². The summed E-state index contributed by atoms with van der Waals surface area (Å²) in [4.78, 5) is 12.3. The van der Waals surface area contributed by atoms with Gasteiger partial charge in [-0.3, -0.25) is 9.36 Å². The van der Waals surface area contributed by atoms with Crippen molar-refractivity contribution in [2.24, 2.45) is 0 Å². The van der Waals surface area contributed by atoms with Crippen molar-refractivity contribution in [2.45, 2.75) is 37.9 Å². The molecule has 0 aliphatic carbocycles. The molecule has 5 nitrogen and oxygen atoms in total. The first-order valence-electron chi connectivity index (χ1n) is 9.02. The summed E-state index contributed by atoms with van der Waals surface area (Å²) in [6.07, 6.45) is 1.68. The third-order valence-corrected chi connectivity index (χ3v) is 5.31. The minimum atomic E-state index is -0.0271. The number of nitrogens with zero attached hydrogens (tertiary/aromatic N) is 3. The highest BCUT2D eigenvalue weighted by Crippen LogP contribution is 2.22. The molecule has 3 aromatic rings. The summed E-state index contributed by atoms with van der Waals surface area (Å²) < 4.78 is 1.91. The smallest absolute Gasteiger partial charge is 0.230 e. The average molecular weight is 381 g/mol. The monoisotopic (exact) mass is 380 g/mol. The Morgan fingerprint density at radius 1 is 1.04 bits per heavy atom. The van der Waals surface area contributed by atoms with Crippen LogP contribution in [0, 0.1) is 0 Å². The van der Waals surface area contributed by atoms with Crippen LogP contribution in [-0.2, 0) is 4.79 Å². The summed E-state index contributed by atoms with van der Waals surface area (Å²) in [5.74, 6) is 0.755. The van der Waals surface area contributed by atoms with Crippen LogP contribution in [0.3, 0.4) is 0 Å². The highest BCUT2D eigenvalue weighted by molar-refractivity contribution is 7.99. The molecular weight excluding hydrogens is 356 g/mol. The molecule has 140 valence electrons. The first-order chi connectivity index (χ1) is 13.0. The van der Waals surface area contributed by atoms with E-state index in [4.69, 9.17) is 0 Å². The lowest BCUT2D eigenvalue weighted by Gasteiger charge is -2.14. The van der Waals surface area contributed by atoms with E-state index in [2.05, 4.69) is 53.6 Å². The van der Waals surface area contributed by atoms with E-state index < -0.39 is 0 Å². The van der Waals surface area contributed by atoms with Gasteiger partial charge >= 0.3 is 0 Å². The van der Waals surface area contributed by atoms with Crippen LogP contribution in [-0.4, -0.2) is 26.4 Å². The minimum Gasteiger partial charge on any atom is -0.349 e. The van der Waals surface area contributed by atoms with Gasteiger partial charge in [-0.2, -0.15) is 0 Å². The second-order valence-corrected chi connectivity index (χ2v) is 7.66. The molecule has 0 radical (unpaired) electrons. The SMILES string of the molecule is CC(C)c1ccc(-n2cnnc2SCC(=O)NC(C)c2ccccc2)cc1. The molecule has 27 heavy (non-hydrogen) atoms. The molecule has 6 heteroatoms. The van der Waals surface area contributed by atoms with E-state index in [1.165, 1.54) is 17.3 Å². The number of benzene rings is 2. The van der Waals surface area contributed by atoms with Gasteiger partial charge in [-0.15, -0.1) is 10.2 Å². The number of nitrogens with one attached hydrogen (secondary N) is 1. The lowest BCUT2D eigenvalue weighted by Crippen LogP contribution is -2.28. The van der Waals surface area contributed by atoms with Crippen LogP contribution in [0.2, 0.25) is 0 Å². The van der Waals surface area contributed by atoms with Crippen molar-refractivity contribution in [2.75, 3.05) is 5.75 Å². The quantitative estimate of drug-likeness (QED) is 0.619. The van der Waals surface area contributed by atoms with Gasteiger partial charge in [-0.1, -0.05) is 68.1 Å². The van der Waals surface area contributed by atoms with Crippen LogP contribution in [0.25, 0.3) is 5.69 Å². The van der Waals surface area contributed by atoms with Gasteiger partial charge in [-0.25, -0.2) is 0 Å². The standard InChI is InChI=1S/C21H24N4OS/c1-15(2)17-9-11-19(12-10-17)25-14-22-24-21(25)27-13-20(26)23-16(3)18-7-5-4-6-8-18/h4-12,14-16H,13H2,1-3H3,(H,23,26). The second kappa shape index (κ2) is 8.86. The van der Waals surface area contributed by atoms with E-state index in [0.717, 1.165) is 11.3 Å². The molecule has 0 aliphatic heterocycles. The Bertz CT molecular complexity index is 875. The minimum absolute atomic E-state index is 0.0268. The molecule has 3 rings (SSSR count). The van der Waals surface area contributed by atoms with Crippen LogP contribution in [0.5, 0.6) is 0 Å². The number of hydrogen-bond acceptors (Lipinski definition) is 4. The molecule has 0 fully saturated rings. The van der Waals surface area contributed by atoms with Gasteiger partial charge in [0.25, 0.3) is 0 Å². The van der Waals surface area contributed by atoms with E-state index in [0.29, 0.717) is 16.8 Å². The second-order valence-electron chi connectivity index (χ2n) is 6.72. The number of aromatic nitrogens is 3. The van der Waals surface area contributed by atoms with Gasteiger partial charge in [0.05, 0.1) is 11.8 Å². The maximum atomic E-state index is 12.3. The Morgan fingerprint density at radius 2 is 1.74 bits per heavy atom. The highest BCUT2D eigenvalue weighted by atomic mass is 32.2. The topological polar surface area (TPSA) is 59.8 Å². The van der Waals surface area contributed by atoms with Crippen LogP contribution < -0.4 is 5.32 Å². The fourth-order valence-electron chi connectivity index (χ4n) is 2.76. The van der Waals surface area contributed by atoms with E-state index in [9.17, 15) is 4.79 Å². The van der Waals surface area contributed by atoms with Crippen molar-refractivity contribution >= 4 is 17.7 Å². The van der Waals surface area contributed by atoms with Gasteiger partial charge < -0.3 is 5.32 Å². The molecule has 1 amide bonds. The Morgan fingerprint density at radius 3 is 2.41 bits per heavy atom. The van der Waals surface area contributed by atoms with Gasteiger partial charge in [-0.05, 0) is 36.1 Å². The fraction of sp³-hybridized carbons (Fsp3) is 0.286. The molecule has 0 spiro atoms. The molecule has 1 heterocycles. The molecule has 0 saturated carbocycles. The maximum absolute atomic E-state index is 12.3. The number of carbonyl (C=O) groups is 1. The zero-order valence-electron chi connectivity index (χ0n) is 15.8. The summed E-state index contributed by atoms with van der Waals surface area (Å²) in [6, 6.07) is 18.2. The molecule has 0 bridgehead atoms. The van der Waals surface area contributed by atoms with Crippen LogP contribution in [0.15, 0.2) is 66.1 Å². The van der Waals surface area contributed by atoms with Gasteiger partial charge in [0.15, 0.2) is 5.16 Å². The van der Waals surface area contributed by atoms with E-state index in [1.807, 2.05) is 41.8 Å². The lowest BCUT2D eigenvalue weighted by molar-refractivity contribution is -0.119. The van der Waals surface area contributed by atoms with Crippen LogP contribution in [0.1, 0.15) is 43.9 Å². The van der Waals surface area contributed by atoms with Crippen LogP contribution in [0.4, 0.5) is 0 Å². The van der Waals surface area contributed by atoms with Crippen molar-refractivity contribution in [1.29, 1.82) is 0 Å². The average Bonchev–Trinajstić information content (AvgIpc) is 3.15. The first-order valence-corrected chi connectivity index (χ1v) is 10.0. The molecule has 2 aromatic carbocycles. The molecule has 1 N–H and O–H groups in total. The predicted molar refractivity (Wildman–Crippen MR) is 109 cm³/mol. The normalized spacial score (nSPS) is 12.1.